The summed E-state index contributed by atoms with van der Waals surface area (Å²) in [5, 5.41) is 17.3. The summed E-state index contributed by atoms with van der Waals surface area (Å²) < 4.78 is 0. The summed E-state index contributed by atoms with van der Waals surface area (Å²) >= 11 is 12.2. The number of carbonyl (C=O) groups is 1. The summed E-state index contributed by atoms with van der Waals surface area (Å²) in [6, 6.07) is 12.5. The van der Waals surface area contributed by atoms with Crippen LogP contribution in [-0.2, 0) is 0 Å². The molecule has 0 radical (unpaired) electrons. The lowest BCUT2D eigenvalue weighted by Gasteiger charge is -2.21. The molecule has 1 saturated heterocycles. The van der Waals surface area contributed by atoms with Crippen LogP contribution in [0.1, 0.15) is 16.8 Å². The van der Waals surface area contributed by atoms with Crippen molar-refractivity contribution in [2.45, 2.75) is 12.0 Å². The molecule has 134 valence electrons. The molecule has 0 spiro atoms. The van der Waals surface area contributed by atoms with E-state index >= 15 is 0 Å². The minimum Gasteiger partial charge on any atom is -0.387 e. The van der Waals surface area contributed by atoms with Crippen LogP contribution < -0.4 is 10.6 Å². The molecule has 2 aromatic carbocycles. The standard InChI is InChI=1S/C18H18Cl2N2O2.ClH/c19-14-4-5-15(16(20)9-14)12-2-1-3-13(8-12)17(23)22-11-18(24)6-7-21-10-18;/h1-5,8-9,21,24H,6-7,10-11H2,(H,22,23);1H. The molecule has 0 aliphatic carbocycles. The van der Waals surface area contributed by atoms with E-state index < -0.39 is 5.60 Å². The van der Waals surface area contributed by atoms with Crippen LogP contribution in [0.15, 0.2) is 42.5 Å². The molecule has 1 heterocycles. The van der Waals surface area contributed by atoms with Crippen molar-refractivity contribution in [3.05, 3.63) is 58.1 Å². The Hall–Kier alpha value is -1.30. The predicted octanol–water partition coefficient (Wildman–Crippen LogP) is 3.54. The van der Waals surface area contributed by atoms with Crippen LogP contribution in [-0.4, -0.2) is 36.2 Å². The van der Waals surface area contributed by atoms with E-state index in [1.165, 1.54) is 0 Å². The van der Waals surface area contributed by atoms with Gasteiger partial charge in [0.15, 0.2) is 0 Å². The number of amides is 1. The van der Waals surface area contributed by atoms with E-state index in [9.17, 15) is 9.90 Å². The second kappa shape index (κ2) is 8.39. The molecule has 7 heteroatoms. The van der Waals surface area contributed by atoms with Gasteiger partial charge in [-0.2, -0.15) is 0 Å². The first kappa shape index (κ1) is 20.0. The minimum atomic E-state index is -0.868. The highest BCUT2D eigenvalue weighted by Crippen LogP contribution is 2.30. The van der Waals surface area contributed by atoms with Gasteiger partial charge in [0.2, 0.25) is 0 Å². The number of rotatable bonds is 4. The number of nitrogens with one attached hydrogen (secondary N) is 2. The van der Waals surface area contributed by atoms with Gasteiger partial charge in [-0.1, -0.05) is 41.4 Å². The molecule has 4 nitrogen and oxygen atoms in total. The molecule has 1 aliphatic rings. The van der Waals surface area contributed by atoms with Crippen LogP contribution in [0.3, 0.4) is 0 Å². The Balaban J connectivity index is 0.00000225. The third-order valence-corrected chi connectivity index (χ3v) is 4.71. The lowest BCUT2D eigenvalue weighted by atomic mass is 10.0. The van der Waals surface area contributed by atoms with E-state index in [-0.39, 0.29) is 24.9 Å². The van der Waals surface area contributed by atoms with Gasteiger partial charge in [0.25, 0.3) is 5.91 Å². The SMILES string of the molecule is Cl.O=C(NCC1(O)CCNC1)c1cccc(-c2ccc(Cl)cc2Cl)c1. The summed E-state index contributed by atoms with van der Waals surface area (Å²) in [5.41, 5.74) is 1.31. The van der Waals surface area contributed by atoms with Gasteiger partial charge in [0.05, 0.1) is 5.60 Å². The maximum atomic E-state index is 12.4. The largest absolute Gasteiger partial charge is 0.387 e. The van der Waals surface area contributed by atoms with Crippen LogP contribution in [0.4, 0.5) is 0 Å². The van der Waals surface area contributed by atoms with Gasteiger partial charge in [-0.05, 0) is 42.8 Å². The Morgan fingerprint density at radius 3 is 2.72 bits per heavy atom. The summed E-state index contributed by atoms with van der Waals surface area (Å²) in [6.07, 6.45) is 0.633. The van der Waals surface area contributed by atoms with E-state index in [0.717, 1.165) is 17.7 Å². The number of carbonyl (C=O) groups excluding carboxylic acids is 1. The number of benzene rings is 2. The second-order valence-corrected chi connectivity index (χ2v) is 6.88. The molecule has 1 amide bonds. The fourth-order valence-corrected chi connectivity index (χ4v) is 3.30. The maximum absolute atomic E-state index is 12.4. The summed E-state index contributed by atoms with van der Waals surface area (Å²) in [4.78, 5) is 12.4. The normalized spacial score (nSPS) is 19.3. The molecule has 3 rings (SSSR count). The van der Waals surface area contributed by atoms with Crippen molar-refractivity contribution < 1.29 is 9.90 Å². The highest BCUT2D eigenvalue weighted by Gasteiger charge is 2.31. The zero-order valence-electron chi connectivity index (χ0n) is 13.4. The van der Waals surface area contributed by atoms with Crippen molar-refractivity contribution in [2.75, 3.05) is 19.6 Å². The Bertz CT molecular complexity index is 762. The molecule has 2 aromatic rings. The molecule has 25 heavy (non-hydrogen) atoms. The number of hydrogen-bond acceptors (Lipinski definition) is 3. The first-order valence-corrected chi connectivity index (χ1v) is 8.49. The molecule has 1 fully saturated rings. The number of hydrogen-bond donors (Lipinski definition) is 3. The molecule has 0 aromatic heterocycles. The van der Waals surface area contributed by atoms with Gasteiger partial charge in [-0.3, -0.25) is 4.79 Å². The molecule has 0 bridgehead atoms. The van der Waals surface area contributed by atoms with E-state index in [1.54, 1.807) is 30.3 Å². The lowest BCUT2D eigenvalue weighted by Crippen LogP contribution is -2.44. The van der Waals surface area contributed by atoms with Crippen molar-refractivity contribution in [3.63, 3.8) is 0 Å². The van der Waals surface area contributed by atoms with E-state index in [0.29, 0.717) is 28.6 Å². The van der Waals surface area contributed by atoms with Crippen LogP contribution in [0.5, 0.6) is 0 Å². The fourth-order valence-electron chi connectivity index (χ4n) is 2.78. The van der Waals surface area contributed by atoms with Crippen molar-refractivity contribution in [1.29, 1.82) is 0 Å². The van der Waals surface area contributed by atoms with E-state index in [2.05, 4.69) is 10.6 Å². The smallest absolute Gasteiger partial charge is 0.251 e. The second-order valence-electron chi connectivity index (χ2n) is 6.04. The summed E-state index contributed by atoms with van der Waals surface area (Å²) in [5.74, 6) is -0.220. The molecule has 1 aliphatic heterocycles. The number of halogens is 3. The summed E-state index contributed by atoms with van der Waals surface area (Å²) in [7, 11) is 0. The first-order chi connectivity index (χ1) is 11.5. The molecule has 1 unspecified atom stereocenters. The van der Waals surface area contributed by atoms with E-state index in [1.807, 2.05) is 12.1 Å². The van der Waals surface area contributed by atoms with Crippen LogP contribution in [0.25, 0.3) is 11.1 Å². The Morgan fingerprint density at radius 1 is 1.24 bits per heavy atom. The fraction of sp³-hybridized carbons (Fsp3) is 0.278. The van der Waals surface area contributed by atoms with E-state index in [4.69, 9.17) is 23.2 Å². The van der Waals surface area contributed by atoms with Crippen LogP contribution in [0.2, 0.25) is 10.0 Å². The average molecular weight is 402 g/mol. The minimum absolute atomic E-state index is 0. The van der Waals surface area contributed by atoms with Crippen molar-refractivity contribution in [3.8, 4) is 11.1 Å². The van der Waals surface area contributed by atoms with Crippen LogP contribution >= 0.6 is 35.6 Å². The highest BCUT2D eigenvalue weighted by molar-refractivity contribution is 6.36. The molecule has 0 saturated carbocycles. The van der Waals surface area contributed by atoms with Crippen molar-refractivity contribution in [2.24, 2.45) is 0 Å². The maximum Gasteiger partial charge on any atom is 0.251 e. The zero-order chi connectivity index (χ0) is 17.2. The molecular weight excluding hydrogens is 383 g/mol. The monoisotopic (exact) mass is 400 g/mol. The third-order valence-electron chi connectivity index (χ3n) is 4.17. The predicted molar refractivity (Wildman–Crippen MR) is 104 cm³/mol. The topological polar surface area (TPSA) is 61.4 Å². The molecule has 3 N–H and O–H groups in total. The highest BCUT2D eigenvalue weighted by atomic mass is 35.5. The first-order valence-electron chi connectivity index (χ1n) is 7.74. The zero-order valence-corrected chi connectivity index (χ0v) is 15.7. The average Bonchev–Trinajstić information content (AvgIpc) is 3.00. The van der Waals surface area contributed by atoms with Gasteiger partial charge in [-0.15, -0.1) is 12.4 Å². The third kappa shape index (κ3) is 4.87. The quantitative estimate of drug-likeness (QED) is 0.734. The van der Waals surface area contributed by atoms with Gasteiger partial charge in [0, 0.05) is 34.3 Å². The Morgan fingerprint density at radius 2 is 2.04 bits per heavy atom. The van der Waals surface area contributed by atoms with Gasteiger partial charge in [-0.25, -0.2) is 0 Å². The number of β-amino-alcohol motifs (C(OH)–C–C–N with tert-alkyl or cyclic N) is 1. The molecular formula is C18H19Cl3N2O2. The van der Waals surface area contributed by atoms with Gasteiger partial charge in [0.1, 0.15) is 0 Å². The van der Waals surface area contributed by atoms with Crippen molar-refractivity contribution >= 4 is 41.5 Å². The Kier molecular flexibility index (Phi) is 6.72. The van der Waals surface area contributed by atoms with Crippen molar-refractivity contribution in [1.82, 2.24) is 10.6 Å². The lowest BCUT2D eigenvalue weighted by molar-refractivity contribution is 0.0562. The number of aliphatic hydroxyl groups is 1. The Labute approximate surface area is 162 Å². The van der Waals surface area contributed by atoms with Gasteiger partial charge < -0.3 is 15.7 Å². The summed E-state index contributed by atoms with van der Waals surface area (Å²) in [6.45, 7) is 1.48. The molecule has 1 atom stereocenters. The van der Waals surface area contributed by atoms with Gasteiger partial charge >= 0.3 is 0 Å². The van der Waals surface area contributed by atoms with Crippen LogP contribution in [0, 0.1) is 0 Å².